The van der Waals surface area contributed by atoms with Gasteiger partial charge in [0.15, 0.2) is 5.60 Å². The van der Waals surface area contributed by atoms with Crippen LogP contribution >= 0.6 is 0 Å². The summed E-state index contributed by atoms with van der Waals surface area (Å²) in [4.78, 5) is 8.55. The highest BCUT2D eigenvalue weighted by Gasteiger charge is 2.43. The van der Waals surface area contributed by atoms with Crippen LogP contribution in [0.15, 0.2) is 5.16 Å². The summed E-state index contributed by atoms with van der Waals surface area (Å²) in [6, 6.07) is 0. The second-order valence-electron chi connectivity index (χ2n) is 7.18. The van der Waals surface area contributed by atoms with Crippen molar-refractivity contribution in [3.05, 3.63) is 0 Å². The van der Waals surface area contributed by atoms with Crippen LogP contribution in [0.4, 0.5) is 0 Å². The Kier molecular flexibility index (Phi) is 3.84. The van der Waals surface area contributed by atoms with E-state index in [9.17, 15) is 0 Å². The highest BCUT2D eigenvalue weighted by molar-refractivity contribution is 5.87. The minimum absolute atomic E-state index is 0.0243. The Morgan fingerprint density at radius 2 is 2.11 bits per heavy atom. The fourth-order valence-corrected chi connectivity index (χ4v) is 3.98. The summed E-state index contributed by atoms with van der Waals surface area (Å²) in [7, 11) is 0. The molecule has 1 saturated heterocycles. The van der Waals surface area contributed by atoms with E-state index < -0.39 is 0 Å². The van der Waals surface area contributed by atoms with Crippen molar-refractivity contribution < 1.29 is 4.84 Å². The van der Waals surface area contributed by atoms with E-state index in [-0.39, 0.29) is 5.60 Å². The van der Waals surface area contributed by atoms with Gasteiger partial charge in [-0.15, -0.1) is 0 Å². The van der Waals surface area contributed by atoms with E-state index in [2.05, 4.69) is 23.9 Å². The predicted octanol–water partition coefficient (Wildman–Crippen LogP) is 3.44. The zero-order valence-corrected chi connectivity index (χ0v) is 12.5. The van der Waals surface area contributed by atoms with E-state index in [0.29, 0.717) is 5.92 Å². The molecule has 1 spiro atoms. The van der Waals surface area contributed by atoms with Crippen LogP contribution in [0, 0.1) is 11.8 Å². The molecule has 0 aromatic heterocycles. The molecule has 1 saturated carbocycles. The van der Waals surface area contributed by atoms with E-state index >= 15 is 0 Å². The first-order valence-electron chi connectivity index (χ1n) is 8.14. The molecule has 19 heavy (non-hydrogen) atoms. The first-order chi connectivity index (χ1) is 9.17. The minimum Gasteiger partial charge on any atom is -0.387 e. The van der Waals surface area contributed by atoms with Gasteiger partial charge in [0.1, 0.15) is 0 Å². The average molecular weight is 264 g/mol. The molecule has 1 unspecified atom stereocenters. The maximum Gasteiger partial charge on any atom is 0.155 e. The predicted molar refractivity (Wildman–Crippen MR) is 78.3 cm³/mol. The second-order valence-corrected chi connectivity index (χ2v) is 7.18. The molecule has 1 atom stereocenters. The fourth-order valence-electron chi connectivity index (χ4n) is 3.98. The molecule has 2 fully saturated rings. The molecule has 3 heteroatoms. The van der Waals surface area contributed by atoms with Crippen molar-refractivity contribution in [3.63, 3.8) is 0 Å². The molecule has 3 nitrogen and oxygen atoms in total. The summed E-state index contributed by atoms with van der Waals surface area (Å²) in [5, 5.41) is 4.37. The lowest BCUT2D eigenvalue weighted by Gasteiger charge is -2.39. The normalized spacial score (nSPS) is 33.1. The van der Waals surface area contributed by atoms with Crippen LogP contribution in [0.25, 0.3) is 0 Å². The molecule has 0 amide bonds. The molecular weight excluding hydrogens is 236 g/mol. The highest BCUT2D eigenvalue weighted by atomic mass is 16.7. The fraction of sp³-hybridized carbons (Fsp3) is 0.938. The van der Waals surface area contributed by atoms with Crippen molar-refractivity contribution in [2.24, 2.45) is 17.0 Å². The van der Waals surface area contributed by atoms with Crippen molar-refractivity contribution in [1.82, 2.24) is 4.90 Å². The largest absolute Gasteiger partial charge is 0.387 e. The van der Waals surface area contributed by atoms with Crippen LogP contribution in [-0.2, 0) is 4.84 Å². The summed E-state index contributed by atoms with van der Waals surface area (Å²) in [6.07, 6.45) is 9.30. The Morgan fingerprint density at radius 3 is 2.79 bits per heavy atom. The van der Waals surface area contributed by atoms with Crippen LogP contribution < -0.4 is 0 Å². The van der Waals surface area contributed by atoms with Gasteiger partial charge >= 0.3 is 0 Å². The number of rotatable bonds is 3. The summed E-state index contributed by atoms with van der Waals surface area (Å²) in [6.45, 7) is 8.10. The van der Waals surface area contributed by atoms with Crippen LogP contribution in [0.5, 0.6) is 0 Å². The average Bonchev–Trinajstić information content (AvgIpc) is 3.00. The molecule has 1 aliphatic carbocycles. The number of likely N-dealkylation sites (tertiary alicyclic amines) is 1. The molecule has 2 heterocycles. The number of hydrogen-bond acceptors (Lipinski definition) is 3. The van der Waals surface area contributed by atoms with Crippen LogP contribution in [0.2, 0.25) is 0 Å². The molecule has 3 rings (SSSR count). The van der Waals surface area contributed by atoms with Crippen molar-refractivity contribution in [2.45, 2.75) is 64.4 Å². The highest BCUT2D eigenvalue weighted by Crippen LogP contribution is 2.36. The number of piperidine rings is 1. The minimum atomic E-state index is 0.0243. The Labute approximate surface area is 117 Å². The second kappa shape index (κ2) is 5.43. The quantitative estimate of drug-likeness (QED) is 0.780. The van der Waals surface area contributed by atoms with Gasteiger partial charge in [-0.25, -0.2) is 0 Å². The summed E-state index contributed by atoms with van der Waals surface area (Å²) in [5.41, 5.74) is 1.29. The van der Waals surface area contributed by atoms with Gasteiger partial charge < -0.3 is 4.84 Å². The third kappa shape index (κ3) is 2.96. The zero-order chi connectivity index (χ0) is 13.3. The van der Waals surface area contributed by atoms with Gasteiger partial charge in [0, 0.05) is 19.5 Å². The lowest BCUT2D eigenvalue weighted by Crippen LogP contribution is -2.49. The smallest absolute Gasteiger partial charge is 0.155 e. The lowest BCUT2D eigenvalue weighted by molar-refractivity contribution is -0.0709. The molecule has 0 aromatic rings. The maximum absolute atomic E-state index is 5.90. The third-order valence-corrected chi connectivity index (χ3v) is 5.14. The van der Waals surface area contributed by atoms with E-state index in [0.717, 1.165) is 18.9 Å². The molecule has 2 aliphatic heterocycles. The monoisotopic (exact) mass is 264 g/mol. The zero-order valence-electron chi connectivity index (χ0n) is 12.5. The first kappa shape index (κ1) is 13.4. The van der Waals surface area contributed by atoms with Crippen LogP contribution in [0.3, 0.4) is 0 Å². The Balaban J connectivity index is 1.56. The van der Waals surface area contributed by atoms with Crippen molar-refractivity contribution >= 4 is 5.71 Å². The SMILES string of the molecule is CC(C)C1=NOC2(CCCN(CC3CCCC3)C2)C1. The van der Waals surface area contributed by atoms with E-state index in [4.69, 9.17) is 4.84 Å². The van der Waals surface area contributed by atoms with E-state index in [1.165, 1.54) is 57.3 Å². The number of oxime groups is 1. The molecule has 0 radical (unpaired) electrons. The molecule has 0 aromatic carbocycles. The van der Waals surface area contributed by atoms with Gasteiger partial charge in [-0.1, -0.05) is 31.8 Å². The van der Waals surface area contributed by atoms with Gasteiger partial charge in [0.05, 0.1) is 5.71 Å². The van der Waals surface area contributed by atoms with Gasteiger partial charge in [0.25, 0.3) is 0 Å². The van der Waals surface area contributed by atoms with Crippen molar-refractivity contribution in [3.8, 4) is 0 Å². The van der Waals surface area contributed by atoms with Crippen LogP contribution in [-0.4, -0.2) is 35.8 Å². The van der Waals surface area contributed by atoms with E-state index in [1.54, 1.807) is 0 Å². The Morgan fingerprint density at radius 1 is 1.32 bits per heavy atom. The molecule has 3 aliphatic rings. The topological polar surface area (TPSA) is 24.8 Å². The van der Waals surface area contributed by atoms with Crippen molar-refractivity contribution in [2.75, 3.05) is 19.6 Å². The maximum atomic E-state index is 5.90. The Bertz CT molecular complexity index is 347. The van der Waals surface area contributed by atoms with Gasteiger partial charge in [-0.2, -0.15) is 0 Å². The molecular formula is C16H28N2O. The van der Waals surface area contributed by atoms with Crippen LogP contribution in [0.1, 0.15) is 58.8 Å². The summed E-state index contributed by atoms with van der Waals surface area (Å²) < 4.78 is 0. The summed E-state index contributed by atoms with van der Waals surface area (Å²) >= 11 is 0. The molecule has 0 N–H and O–H groups in total. The Hall–Kier alpha value is -0.570. The molecule has 108 valence electrons. The van der Waals surface area contributed by atoms with Gasteiger partial charge in [-0.3, -0.25) is 4.90 Å². The van der Waals surface area contributed by atoms with Crippen molar-refractivity contribution in [1.29, 1.82) is 0 Å². The van der Waals surface area contributed by atoms with E-state index in [1.807, 2.05) is 0 Å². The lowest BCUT2D eigenvalue weighted by atomic mass is 9.85. The summed E-state index contributed by atoms with van der Waals surface area (Å²) in [5.74, 6) is 1.48. The number of nitrogens with zero attached hydrogens (tertiary/aromatic N) is 2. The van der Waals surface area contributed by atoms with Gasteiger partial charge in [-0.05, 0) is 44.1 Å². The molecule has 0 bridgehead atoms. The number of hydrogen-bond donors (Lipinski definition) is 0. The van der Waals surface area contributed by atoms with Gasteiger partial charge in [0.2, 0.25) is 0 Å². The first-order valence-corrected chi connectivity index (χ1v) is 8.14. The third-order valence-electron chi connectivity index (χ3n) is 5.14. The standard InChI is InChI=1S/C16H28N2O/c1-13(2)15-10-16(19-17-15)8-5-9-18(12-16)11-14-6-3-4-7-14/h13-14H,3-12H2,1-2H3.